The lowest BCUT2D eigenvalue weighted by Crippen LogP contribution is -2.52. The molecule has 1 N–H and O–H groups in total. The molecule has 0 saturated heterocycles. The second-order valence-corrected chi connectivity index (χ2v) is 7.88. The smallest absolute Gasteiger partial charge is 0.0239 e. The first-order chi connectivity index (χ1) is 10.0. The summed E-state index contributed by atoms with van der Waals surface area (Å²) in [4.78, 5) is 2.75. The highest BCUT2D eigenvalue weighted by Crippen LogP contribution is 2.34. The van der Waals surface area contributed by atoms with E-state index in [4.69, 9.17) is 0 Å². The number of nitrogens with zero attached hydrogens (tertiary/aromatic N) is 1. The van der Waals surface area contributed by atoms with Crippen molar-refractivity contribution in [2.75, 3.05) is 13.1 Å². The van der Waals surface area contributed by atoms with Crippen LogP contribution in [0, 0.1) is 5.92 Å². The Bertz CT molecular complexity index is 475. The minimum atomic E-state index is 0.242. The predicted molar refractivity (Wildman–Crippen MR) is 89.4 cm³/mol. The van der Waals surface area contributed by atoms with Crippen molar-refractivity contribution in [2.45, 2.75) is 64.6 Å². The van der Waals surface area contributed by atoms with Crippen molar-refractivity contribution in [2.24, 2.45) is 5.92 Å². The van der Waals surface area contributed by atoms with Crippen LogP contribution in [0.5, 0.6) is 0 Å². The molecule has 1 aliphatic carbocycles. The van der Waals surface area contributed by atoms with Crippen molar-refractivity contribution in [3.8, 4) is 0 Å². The van der Waals surface area contributed by atoms with Crippen LogP contribution < -0.4 is 5.32 Å². The Balaban J connectivity index is 1.62. The Morgan fingerprint density at radius 3 is 2.57 bits per heavy atom. The van der Waals surface area contributed by atoms with Crippen LogP contribution in [-0.2, 0) is 13.0 Å². The molecule has 2 heteroatoms. The summed E-state index contributed by atoms with van der Waals surface area (Å²) in [7, 11) is 0. The monoisotopic (exact) mass is 286 g/mol. The molecule has 1 aromatic carbocycles. The van der Waals surface area contributed by atoms with Crippen molar-refractivity contribution >= 4 is 0 Å². The SMILES string of the molecule is CC(C)(C)NCC1CCC1N1CCCc2ccccc2C1. The number of rotatable bonds is 3. The quantitative estimate of drug-likeness (QED) is 0.913. The van der Waals surface area contributed by atoms with Crippen LogP contribution in [0.3, 0.4) is 0 Å². The lowest BCUT2D eigenvalue weighted by atomic mass is 9.77. The molecule has 2 nitrogen and oxygen atoms in total. The Kier molecular flexibility index (Phi) is 4.37. The lowest BCUT2D eigenvalue weighted by molar-refractivity contribution is 0.0531. The van der Waals surface area contributed by atoms with Gasteiger partial charge in [-0.15, -0.1) is 0 Å². The molecule has 0 spiro atoms. The fraction of sp³-hybridized carbons (Fsp3) is 0.684. The van der Waals surface area contributed by atoms with Crippen molar-refractivity contribution in [3.05, 3.63) is 35.4 Å². The maximum atomic E-state index is 3.70. The normalized spacial score (nSPS) is 26.8. The molecule has 2 atom stereocenters. The molecule has 2 aliphatic rings. The largest absolute Gasteiger partial charge is 0.312 e. The van der Waals surface area contributed by atoms with Gasteiger partial charge in [0.25, 0.3) is 0 Å². The molecule has 0 amide bonds. The van der Waals surface area contributed by atoms with Gasteiger partial charge in [0.15, 0.2) is 0 Å². The number of hydrogen-bond donors (Lipinski definition) is 1. The van der Waals surface area contributed by atoms with E-state index in [0.29, 0.717) is 0 Å². The van der Waals surface area contributed by atoms with Gasteiger partial charge in [-0.3, -0.25) is 4.90 Å². The molecule has 1 fully saturated rings. The highest BCUT2D eigenvalue weighted by atomic mass is 15.2. The molecule has 1 aromatic rings. The molecule has 0 bridgehead atoms. The number of fused-ring (bicyclic) bond motifs is 1. The van der Waals surface area contributed by atoms with Gasteiger partial charge in [0.2, 0.25) is 0 Å². The summed E-state index contributed by atoms with van der Waals surface area (Å²) in [6.07, 6.45) is 5.35. The van der Waals surface area contributed by atoms with Gasteiger partial charge in [-0.2, -0.15) is 0 Å². The number of aryl methyl sites for hydroxylation is 1. The van der Waals surface area contributed by atoms with E-state index in [1.165, 1.54) is 38.8 Å². The second-order valence-electron chi connectivity index (χ2n) is 7.88. The number of benzene rings is 1. The highest BCUT2D eigenvalue weighted by Gasteiger charge is 2.36. The summed E-state index contributed by atoms with van der Waals surface area (Å²) in [5, 5.41) is 3.70. The minimum Gasteiger partial charge on any atom is -0.312 e. The van der Waals surface area contributed by atoms with E-state index in [1.807, 2.05) is 0 Å². The molecule has 1 saturated carbocycles. The average Bonchev–Trinajstić information content (AvgIpc) is 2.58. The van der Waals surface area contributed by atoms with Crippen LogP contribution in [-0.4, -0.2) is 29.6 Å². The van der Waals surface area contributed by atoms with Gasteiger partial charge in [0.05, 0.1) is 0 Å². The molecular weight excluding hydrogens is 256 g/mol. The molecule has 21 heavy (non-hydrogen) atoms. The molecule has 1 aliphatic heterocycles. The summed E-state index contributed by atoms with van der Waals surface area (Å²) in [6, 6.07) is 9.83. The predicted octanol–water partition coefficient (Wildman–Crippen LogP) is 3.60. The van der Waals surface area contributed by atoms with E-state index in [9.17, 15) is 0 Å². The van der Waals surface area contributed by atoms with E-state index in [-0.39, 0.29) is 5.54 Å². The highest BCUT2D eigenvalue weighted by molar-refractivity contribution is 5.28. The van der Waals surface area contributed by atoms with Gasteiger partial charge in [-0.05, 0) is 76.6 Å². The summed E-state index contributed by atoms with van der Waals surface area (Å²) in [5.41, 5.74) is 3.37. The fourth-order valence-electron chi connectivity index (χ4n) is 3.72. The van der Waals surface area contributed by atoms with E-state index in [0.717, 1.165) is 18.5 Å². The maximum absolute atomic E-state index is 3.70. The summed E-state index contributed by atoms with van der Waals surface area (Å²) >= 11 is 0. The van der Waals surface area contributed by atoms with Gasteiger partial charge in [0, 0.05) is 18.1 Å². The third-order valence-electron chi connectivity index (χ3n) is 5.12. The first-order valence-corrected chi connectivity index (χ1v) is 8.59. The van der Waals surface area contributed by atoms with Crippen LogP contribution in [0.25, 0.3) is 0 Å². The van der Waals surface area contributed by atoms with Crippen LogP contribution in [0.2, 0.25) is 0 Å². The topological polar surface area (TPSA) is 15.3 Å². The first-order valence-electron chi connectivity index (χ1n) is 8.59. The standard InChI is InChI=1S/C19H30N2/c1-19(2,3)20-13-16-10-11-18(16)21-12-6-9-15-7-4-5-8-17(15)14-21/h4-5,7-8,16,18,20H,6,9-14H2,1-3H3. The molecule has 3 rings (SSSR count). The van der Waals surface area contributed by atoms with E-state index < -0.39 is 0 Å². The van der Waals surface area contributed by atoms with Crippen LogP contribution >= 0.6 is 0 Å². The van der Waals surface area contributed by atoms with Crippen molar-refractivity contribution in [1.29, 1.82) is 0 Å². The van der Waals surface area contributed by atoms with Crippen molar-refractivity contribution < 1.29 is 0 Å². The first kappa shape index (κ1) is 15.1. The molecule has 0 radical (unpaired) electrons. The third kappa shape index (κ3) is 3.67. The maximum Gasteiger partial charge on any atom is 0.0239 e. The zero-order chi connectivity index (χ0) is 14.9. The van der Waals surface area contributed by atoms with Crippen LogP contribution in [0.15, 0.2) is 24.3 Å². The van der Waals surface area contributed by atoms with Crippen molar-refractivity contribution in [3.63, 3.8) is 0 Å². The fourth-order valence-corrected chi connectivity index (χ4v) is 3.72. The van der Waals surface area contributed by atoms with Gasteiger partial charge in [-0.25, -0.2) is 0 Å². The minimum absolute atomic E-state index is 0.242. The third-order valence-corrected chi connectivity index (χ3v) is 5.12. The Labute approximate surface area is 129 Å². The molecule has 0 aromatic heterocycles. The van der Waals surface area contributed by atoms with Crippen LogP contribution in [0.4, 0.5) is 0 Å². The zero-order valence-corrected chi connectivity index (χ0v) is 13.9. The number of hydrogen-bond acceptors (Lipinski definition) is 2. The van der Waals surface area contributed by atoms with E-state index in [2.05, 4.69) is 55.3 Å². The zero-order valence-electron chi connectivity index (χ0n) is 13.9. The summed E-state index contributed by atoms with van der Waals surface area (Å²) in [5.74, 6) is 0.842. The second kappa shape index (κ2) is 6.10. The van der Waals surface area contributed by atoms with E-state index in [1.54, 1.807) is 11.1 Å². The van der Waals surface area contributed by atoms with Crippen molar-refractivity contribution in [1.82, 2.24) is 10.2 Å². The Morgan fingerprint density at radius 1 is 1.14 bits per heavy atom. The van der Waals surface area contributed by atoms with Crippen LogP contribution in [0.1, 0.15) is 51.2 Å². The average molecular weight is 286 g/mol. The summed E-state index contributed by atoms with van der Waals surface area (Å²) in [6.45, 7) is 10.4. The van der Waals surface area contributed by atoms with Gasteiger partial charge in [-0.1, -0.05) is 24.3 Å². The Morgan fingerprint density at radius 2 is 1.90 bits per heavy atom. The van der Waals surface area contributed by atoms with E-state index >= 15 is 0 Å². The summed E-state index contributed by atoms with van der Waals surface area (Å²) < 4.78 is 0. The molecular formula is C19H30N2. The Hall–Kier alpha value is -0.860. The van der Waals surface area contributed by atoms with Gasteiger partial charge in [0.1, 0.15) is 0 Å². The molecule has 116 valence electrons. The molecule has 1 heterocycles. The lowest BCUT2D eigenvalue weighted by Gasteiger charge is -2.45. The number of nitrogens with one attached hydrogen (secondary N) is 1. The van der Waals surface area contributed by atoms with Gasteiger partial charge < -0.3 is 5.32 Å². The molecule has 2 unspecified atom stereocenters. The van der Waals surface area contributed by atoms with Gasteiger partial charge >= 0.3 is 0 Å².